The summed E-state index contributed by atoms with van der Waals surface area (Å²) in [7, 11) is 0. The highest BCUT2D eigenvalue weighted by Crippen LogP contribution is 2.26. The summed E-state index contributed by atoms with van der Waals surface area (Å²) >= 11 is 0. The van der Waals surface area contributed by atoms with E-state index in [1.54, 1.807) is 0 Å². The third-order valence-corrected chi connectivity index (χ3v) is 3.90. The smallest absolute Gasteiger partial charge is 0.191 e. The Kier molecular flexibility index (Phi) is 3.72. The first-order valence-corrected chi connectivity index (χ1v) is 6.75. The summed E-state index contributed by atoms with van der Waals surface area (Å²) in [6, 6.07) is 0.546. The number of hydrogen-bond donors (Lipinski definition) is 1. The standard InChI is InChI=1S/C13H25N3/c1-10(2)11-4-3-8-16(9-7-11)13(14)15-12-5-6-12/h10-12H,3-9H2,1-2H3,(H2,14,15). The molecule has 2 aliphatic rings. The van der Waals surface area contributed by atoms with Gasteiger partial charge in [-0.15, -0.1) is 0 Å². The zero-order valence-electron chi connectivity index (χ0n) is 10.7. The summed E-state index contributed by atoms with van der Waals surface area (Å²) in [5.41, 5.74) is 6.06. The maximum absolute atomic E-state index is 6.06. The van der Waals surface area contributed by atoms with Crippen LogP contribution in [0.4, 0.5) is 0 Å². The predicted molar refractivity (Wildman–Crippen MR) is 68.4 cm³/mol. The van der Waals surface area contributed by atoms with E-state index in [2.05, 4.69) is 23.7 Å². The summed E-state index contributed by atoms with van der Waals surface area (Å²) < 4.78 is 0. The van der Waals surface area contributed by atoms with Crippen LogP contribution in [0.25, 0.3) is 0 Å². The van der Waals surface area contributed by atoms with Crippen molar-refractivity contribution < 1.29 is 0 Å². The molecule has 0 amide bonds. The highest BCUT2D eigenvalue weighted by atomic mass is 15.3. The topological polar surface area (TPSA) is 41.6 Å². The van der Waals surface area contributed by atoms with E-state index in [1.165, 1.54) is 32.1 Å². The van der Waals surface area contributed by atoms with Crippen LogP contribution in [0.5, 0.6) is 0 Å². The average Bonchev–Trinajstić information content (AvgIpc) is 3.01. The molecule has 1 saturated heterocycles. The van der Waals surface area contributed by atoms with Gasteiger partial charge in [-0.2, -0.15) is 0 Å². The lowest BCUT2D eigenvalue weighted by Gasteiger charge is -2.22. The molecule has 3 heteroatoms. The lowest BCUT2D eigenvalue weighted by Crippen LogP contribution is -2.38. The zero-order chi connectivity index (χ0) is 11.5. The number of hydrogen-bond acceptors (Lipinski definition) is 1. The van der Waals surface area contributed by atoms with Crippen molar-refractivity contribution >= 4 is 5.96 Å². The molecule has 1 atom stereocenters. The molecule has 92 valence electrons. The van der Waals surface area contributed by atoms with Gasteiger partial charge in [-0.1, -0.05) is 13.8 Å². The minimum atomic E-state index is 0.546. The Morgan fingerprint density at radius 2 is 1.94 bits per heavy atom. The van der Waals surface area contributed by atoms with Gasteiger partial charge in [-0.05, 0) is 43.9 Å². The van der Waals surface area contributed by atoms with Crippen LogP contribution in [0.2, 0.25) is 0 Å². The SMILES string of the molecule is CC(C)C1CCCN(C(N)=NC2CC2)CC1. The third kappa shape index (κ3) is 3.13. The Bertz CT molecular complexity index is 256. The lowest BCUT2D eigenvalue weighted by atomic mass is 9.89. The van der Waals surface area contributed by atoms with Gasteiger partial charge in [-0.3, -0.25) is 0 Å². The Labute approximate surface area is 99.1 Å². The molecular formula is C13H25N3. The molecule has 2 fully saturated rings. The summed E-state index contributed by atoms with van der Waals surface area (Å²) in [5.74, 6) is 2.48. The second kappa shape index (κ2) is 5.07. The maximum Gasteiger partial charge on any atom is 0.191 e. The van der Waals surface area contributed by atoms with E-state index in [0.29, 0.717) is 6.04 Å². The molecule has 2 rings (SSSR count). The van der Waals surface area contributed by atoms with Gasteiger partial charge >= 0.3 is 0 Å². The quantitative estimate of drug-likeness (QED) is 0.576. The molecule has 0 aromatic carbocycles. The number of aliphatic imine (C=N–C) groups is 1. The average molecular weight is 223 g/mol. The molecule has 1 heterocycles. The van der Waals surface area contributed by atoms with Crippen molar-refractivity contribution in [3.05, 3.63) is 0 Å². The van der Waals surface area contributed by atoms with Crippen LogP contribution in [-0.4, -0.2) is 30.0 Å². The highest BCUT2D eigenvalue weighted by molar-refractivity contribution is 5.78. The zero-order valence-corrected chi connectivity index (χ0v) is 10.7. The lowest BCUT2D eigenvalue weighted by molar-refractivity contribution is 0.339. The van der Waals surface area contributed by atoms with Crippen molar-refractivity contribution in [1.29, 1.82) is 0 Å². The molecule has 2 N–H and O–H groups in total. The molecule has 1 aliphatic carbocycles. The number of likely N-dealkylation sites (tertiary alicyclic amines) is 1. The van der Waals surface area contributed by atoms with E-state index in [4.69, 9.17) is 5.73 Å². The summed E-state index contributed by atoms with van der Waals surface area (Å²) in [5, 5.41) is 0. The highest BCUT2D eigenvalue weighted by Gasteiger charge is 2.24. The van der Waals surface area contributed by atoms with Gasteiger partial charge < -0.3 is 10.6 Å². The molecule has 0 aromatic rings. The van der Waals surface area contributed by atoms with Gasteiger partial charge in [0.15, 0.2) is 5.96 Å². The second-order valence-electron chi connectivity index (χ2n) is 5.64. The maximum atomic E-state index is 6.06. The van der Waals surface area contributed by atoms with Crippen LogP contribution in [0.1, 0.15) is 46.0 Å². The molecule has 1 aliphatic heterocycles. The molecule has 0 radical (unpaired) electrons. The monoisotopic (exact) mass is 223 g/mol. The van der Waals surface area contributed by atoms with Gasteiger partial charge in [-0.25, -0.2) is 4.99 Å². The van der Waals surface area contributed by atoms with Crippen molar-refractivity contribution in [2.45, 2.75) is 52.0 Å². The second-order valence-corrected chi connectivity index (χ2v) is 5.64. The fraction of sp³-hybridized carbons (Fsp3) is 0.923. The van der Waals surface area contributed by atoms with Crippen molar-refractivity contribution in [3.63, 3.8) is 0 Å². The van der Waals surface area contributed by atoms with Gasteiger partial charge in [0, 0.05) is 13.1 Å². The van der Waals surface area contributed by atoms with Crippen LogP contribution < -0.4 is 5.73 Å². The van der Waals surface area contributed by atoms with Crippen LogP contribution >= 0.6 is 0 Å². The molecule has 1 saturated carbocycles. The largest absolute Gasteiger partial charge is 0.370 e. The molecule has 0 aromatic heterocycles. The Balaban J connectivity index is 1.87. The third-order valence-electron chi connectivity index (χ3n) is 3.90. The van der Waals surface area contributed by atoms with Crippen LogP contribution in [0, 0.1) is 11.8 Å². The first-order chi connectivity index (χ1) is 7.66. The van der Waals surface area contributed by atoms with Crippen molar-refractivity contribution in [1.82, 2.24) is 4.90 Å². The Hall–Kier alpha value is -0.730. The Morgan fingerprint density at radius 3 is 2.56 bits per heavy atom. The molecule has 3 nitrogen and oxygen atoms in total. The normalized spacial score (nSPS) is 28.3. The van der Waals surface area contributed by atoms with Gasteiger partial charge in [0.25, 0.3) is 0 Å². The van der Waals surface area contributed by atoms with E-state index < -0.39 is 0 Å². The minimum Gasteiger partial charge on any atom is -0.370 e. The molecule has 0 bridgehead atoms. The minimum absolute atomic E-state index is 0.546. The van der Waals surface area contributed by atoms with E-state index >= 15 is 0 Å². The van der Waals surface area contributed by atoms with Crippen LogP contribution in [-0.2, 0) is 0 Å². The first-order valence-electron chi connectivity index (χ1n) is 6.75. The van der Waals surface area contributed by atoms with Gasteiger partial charge in [0.05, 0.1) is 6.04 Å². The summed E-state index contributed by atoms with van der Waals surface area (Å²) in [6.07, 6.45) is 6.37. The fourth-order valence-corrected chi connectivity index (χ4v) is 2.49. The molecule has 0 spiro atoms. The van der Waals surface area contributed by atoms with Crippen molar-refractivity contribution in [2.75, 3.05) is 13.1 Å². The fourth-order valence-electron chi connectivity index (χ4n) is 2.49. The molecular weight excluding hydrogens is 198 g/mol. The first kappa shape index (κ1) is 11.7. The number of rotatable bonds is 2. The number of nitrogens with zero attached hydrogens (tertiary/aromatic N) is 2. The van der Waals surface area contributed by atoms with E-state index in [0.717, 1.165) is 30.9 Å². The Morgan fingerprint density at radius 1 is 1.19 bits per heavy atom. The van der Waals surface area contributed by atoms with Crippen LogP contribution in [0.15, 0.2) is 4.99 Å². The van der Waals surface area contributed by atoms with Crippen molar-refractivity contribution in [2.24, 2.45) is 22.6 Å². The number of guanidine groups is 1. The van der Waals surface area contributed by atoms with E-state index in [1.807, 2.05) is 0 Å². The van der Waals surface area contributed by atoms with Gasteiger partial charge in [0.1, 0.15) is 0 Å². The van der Waals surface area contributed by atoms with Crippen molar-refractivity contribution in [3.8, 4) is 0 Å². The van der Waals surface area contributed by atoms with Crippen LogP contribution in [0.3, 0.4) is 0 Å². The number of nitrogens with two attached hydrogens (primary N) is 1. The predicted octanol–water partition coefficient (Wildman–Crippen LogP) is 2.22. The van der Waals surface area contributed by atoms with E-state index in [-0.39, 0.29) is 0 Å². The molecule has 1 unspecified atom stereocenters. The van der Waals surface area contributed by atoms with E-state index in [9.17, 15) is 0 Å². The summed E-state index contributed by atoms with van der Waals surface area (Å²) in [6.45, 7) is 6.88. The van der Waals surface area contributed by atoms with Gasteiger partial charge in [0.2, 0.25) is 0 Å². The molecule has 16 heavy (non-hydrogen) atoms. The summed E-state index contributed by atoms with van der Waals surface area (Å²) in [4.78, 5) is 6.84.